The summed E-state index contributed by atoms with van der Waals surface area (Å²) in [5, 5.41) is 13.2. The molecule has 0 fully saturated rings. The van der Waals surface area contributed by atoms with Crippen LogP contribution >= 0.6 is 11.3 Å². The maximum Gasteiger partial charge on any atom is 0.294 e. The SMILES string of the molecule is CC(C)CNCc1nnc(OCCC(C)(C)C)s1. The topological polar surface area (TPSA) is 47.0 Å². The molecule has 0 atom stereocenters. The summed E-state index contributed by atoms with van der Waals surface area (Å²) < 4.78 is 5.61. The van der Waals surface area contributed by atoms with Crippen molar-refractivity contribution in [2.75, 3.05) is 13.2 Å². The Hall–Kier alpha value is -0.680. The molecule has 0 saturated heterocycles. The molecular weight excluding hydrogens is 246 g/mol. The van der Waals surface area contributed by atoms with Crippen LogP contribution in [0.25, 0.3) is 0 Å². The summed E-state index contributed by atoms with van der Waals surface area (Å²) in [7, 11) is 0. The minimum atomic E-state index is 0.298. The molecule has 0 amide bonds. The standard InChI is InChI=1S/C13H25N3OS/c1-10(2)8-14-9-11-15-16-12(18-11)17-7-6-13(3,4)5/h10,14H,6-9H2,1-5H3. The zero-order valence-corrected chi connectivity index (χ0v) is 12.9. The van der Waals surface area contributed by atoms with Crippen molar-refractivity contribution >= 4 is 11.3 Å². The highest BCUT2D eigenvalue weighted by Crippen LogP contribution is 2.21. The van der Waals surface area contributed by atoms with Gasteiger partial charge in [0.05, 0.1) is 6.61 Å². The Balaban J connectivity index is 2.26. The molecular formula is C13H25N3OS. The van der Waals surface area contributed by atoms with Crippen molar-refractivity contribution in [2.45, 2.75) is 47.6 Å². The van der Waals surface area contributed by atoms with Crippen LogP contribution in [0.3, 0.4) is 0 Å². The third-order valence-corrected chi connectivity index (χ3v) is 3.19. The molecule has 0 saturated carbocycles. The van der Waals surface area contributed by atoms with Gasteiger partial charge in [-0.2, -0.15) is 0 Å². The zero-order valence-electron chi connectivity index (χ0n) is 12.1. The lowest BCUT2D eigenvalue weighted by Crippen LogP contribution is -2.18. The molecule has 0 aliphatic carbocycles. The molecule has 104 valence electrons. The van der Waals surface area contributed by atoms with E-state index in [4.69, 9.17) is 4.74 Å². The summed E-state index contributed by atoms with van der Waals surface area (Å²) in [6, 6.07) is 0. The second kappa shape index (κ2) is 7.04. The van der Waals surface area contributed by atoms with Crippen molar-refractivity contribution in [2.24, 2.45) is 11.3 Å². The first-order valence-corrected chi connectivity index (χ1v) is 7.34. The zero-order chi connectivity index (χ0) is 13.6. The van der Waals surface area contributed by atoms with Gasteiger partial charge in [0, 0.05) is 6.54 Å². The van der Waals surface area contributed by atoms with Crippen molar-refractivity contribution in [3.63, 3.8) is 0 Å². The second-order valence-corrected chi connectivity index (χ2v) is 7.17. The molecule has 18 heavy (non-hydrogen) atoms. The van der Waals surface area contributed by atoms with Crippen LogP contribution < -0.4 is 10.1 Å². The molecule has 0 radical (unpaired) electrons. The van der Waals surface area contributed by atoms with E-state index in [0.29, 0.717) is 23.1 Å². The van der Waals surface area contributed by atoms with Crippen molar-refractivity contribution < 1.29 is 4.74 Å². The van der Waals surface area contributed by atoms with Gasteiger partial charge in [0.1, 0.15) is 5.01 Å². The van der Waals surface area contributed by atoms with Crippen LogP contribution in [0.15, 0.2) is 0 Å². The Morgan fingerprint density at radius 2 is 2.00 bits per heavy atom. The van der Waals surface area contributed by atoms with Crippen molar-refractivity contribution in [3.8, 4) is 5.19 Å². The number of rotatable bonds is 7. The highest BCUT2D eigenvalue weighted by molar-refractivity contribution is 7.13. The molecule has 0 aliphatic heterocycles. The molecule has 4 nitrogen and oxygen atoms in total. The molecule has 1 aromatic heterocycles. The van der Waals surface area contributed by atoms with E-state index < -0.39 is 0 Å². The Morgan fingerprint density at radius 1 is 1.28 bits per heavy atom. The van der Waals surface area contributed by atoms with E-state index in [1.165, 1.54) is 11.3 Å². The van der Waals surface area contributed by atoms with Gasteiger partial charge < -0.3 is 10.1 Å². The van der Waals surface area contributed by atoms with Gasteiger partial charge in [0.15, 0.2) is 0 Å². The van der Waals surface area contributed by atoms with Crippen LogP contribution in [0.2, 0.25) is 0 Å². The Morgan fingerprint density at radius 3 is 2.61 bits per heavy atom. The Kier molecular flexibility index (Phi) is 6.02. The smallest absolute Gasteiger partial charge is 0.294 e. The van der Waals surface area contributed by atoms with Gasteiger partial charge in [-0.05, 0) is 24.3 Å². The minimum Gasteiger partial charge on any atom is -0.469 e. The van der Waals surface area contributed by atoms with Gasteiger partial charge in [-0.3, -0.25) is 0 Å². The van der Waals surface area contributed by atoms with E-state index in [0.717, 1.165) is 24.5 Å². The van der Waals surface area contributed by atoms with Crippen LogP contribution in [-0.2, 0) is 6.54 Å². The average Bonchev–Trinajstić information content (AvgIpc) is 2.63. The number of ether oxygens (including phenoxy) is 1. The monoisotopic (exact) mass is 271 g/mol. The number of nitrogens with one attached hydrogen (secondary N) is 1. The maximum absolute atomic E-state index is 5.61. The number of hydrogen-bond donors (Lipinski definition) is 1. The quantitative estimate of drug-likeness (QED) is 0.828. The van der Waals surface area contributed by atoms with Crippen LogP contribution in [0.4, 0.5) is 0 Å². The highest BCUT2D eigenvalue weighted by Gasteiger charge is 2.11. The number of hydrogen-bond acceptors (Lipinski definition) is 5. The molecule has 1 rings (SSSR count). The summed E-state index contributed by atoms with van der Waals surface area (Å²) in [5.74, 6) is 0.653. The summed E-state index contributed by atoms with van der Waals surface area (Å²) in [6.07, 6.45) is 1.02. The predicted molar refractivity (Wildman–Crippen MR) is 76.0 cm³/mol. The van der Waals surface area contributed by atoms with E-state index in [-0.39, 0.29) is 0 Å². The van der Waals surface area contributed by atoms with Crippen molar-refractivity contribution in [3.05, 3.63) is 5.01 Å². The largest absolute Gasteiger partial charge is 0.469 e. The molecule has 0 spiro atoms. The van der Waals surface area contributed by atoms with Gasteiger partial charge in [-0.1, -0.05) is 46.0 Å². The summed E-state index contributed by atoms with van der Waals surface area (Å²) in [6.45, 7) is 13.5. The van der Waals surface area contributed by atoms with Crippen LogP contribution in [0, 0.1) is 11.3 Å². The minimum absolute atomic E-state index is 0.298. The van der Waals surface area contributed by atoms with Gasteiger partial charge in [-0.15, -0.1) is 10.2 Å². The van der Waals surface area contributed by atoms with Gasteiger partial charge >= 0.3 is 0 Å². The molecule has 5 heteroatoms. The van der Waals surface area contributed by atoms with Crippen LogP contribution in [-0.4, -0.2) is 23.3 Å². The Labute approximate surface area is 114 Å². The fourth-order valence-electron chi connectivity index (χ4n) is 1.28. The third kappa shape index (κ3) is 6.91. The lowest BCUT2D eigenvalue weighted by atomic mass is 9.93. The predicted octanol–water partition coefficient (Wildman–Crippen LogP) is 3.10. The van der Waals surface area contributed by atoms with Crippen LogP contribution in [0.5, 0.6) is 5.19 Å². The first-order chi connectivity index (χ1) is 8.37. The Bertz CT molecular complexity index is 344. The fourth-order valence-corrected chi connectivity index (χ4v) is 1.96. The first kappa shape index (κ1) is 15.4. The van der Waals surface area contributed by atoms with E-state index in [1.807, 2.05) is 0 Å². The maximum atomic E-state index is 5.61. The van der Waals surface area contributed by atoms with Gasteiger partial charge in [0.2, 0.25) is 0 Å². The van der Waals surface area contributed by atoms with E-state index in [9.17, 15) is 0 Å². The van der Waals surface area contributed by atoms with Gasteiger partial charge in [0.25, 0.3) is 5.19 Å². The molecule has 1 aromatic rings. The summed E-state index contributed by atoms with van der Waals surface area (Å²) in [4.78, 5) is 0. The molecule has 0 bridgehead atoms. The van der Waals surface area contributed by atoms with Crippen molar-refractivity contribution in [1.29, 1.82) is 0 Å². The van der Waals surface area contributed by atoms with Crippen LogP contribution in [0.1, 0.15) is 46.0 Å². The molecule has 0 aromatic carbocycles. The third-order valence-electron chi connectivity index (χ3n) is 2.35. The molecule has 0 unspecified atom stereocenters. The number of aromatic nitrogens is 2. The molecule has 0 aliphatic rings. The van der Waals surface area contributed by atoms with E-state index in [1.54, 1.807) is 0 Å². The first-order valence-electron chi connectivity index (χ1n) is 6.53. The molecule has 1 heterocycles. The fraction of sp³-hybridized carbons (Fsp3) is 0.846. The summed E-state index contributed by atoms with van der Waals surface area (Å²) >= 11 is 1.53. The van der Waals surface area contributed by atoms with Crippen molar-refractivity contribution in [1.82, 2.24) is 15.5 Å². The summed E-state index contributed by atoms with van der Waals surface area (Å²) in [5.41, 5.74) is 0.298. The lowest BCUT2D eigenvalue weighted by Gasteiger charge is -2.16. The van der Waals surface area contributed by atoms with Gasteiger partial charge in [-0.25, -0.2) is 0 Å². The van der Waals surface area contributed by atoms with E-state index in [2.05, 4.69) is 50.1 Å². The van der Waals surface area contributed by atoms with E-state index >= 15 is 0 Å². The normalized spacial score (nSPS) is 12.1. The highest BCUT2D eigenvalue weighted by atomic mass is 32.1. The lowest BCUT2D eigenvalue weighted by molar-refractivity contribution is 0.241. The second-order valence-electron chi connectivity index (χ2n) is 6.15. The molecule has 1 N–H and O–H groups in total. The number of nitrogens with zero attached hydrogens (tertiary/aromatic N) is 2. The average molecular weight is 271 g/mol.